The Morgan fingerprint density at radius 1 is 1.08 bits per heavy atom. The lowest BCUT2D eigenvalue weighted by atomic mass is 10.0. The molecular weight excluding hydrogens is 330 g/mol. The van der Waals surface area contributed by atoms with Gasteiger partial charge in [-0.1, -0.05) is 36.4 Å². The van der Waals surface area contributed by atoms with Gasteiger partial charge in [-0.25, -0.2) is 0 Å². The number of carbonyl (C=O) groups is 2. The van der Waals surface area contributed by atoms with Gasteiger partial charge in [-0.05, 0) is 30.5 Å². The van der Waals surface area contributed by atoms with Crippen LogP contribution in [0.5, 0.6) is 0 Å². The van der Waals surface area contributed by atoms with Gasteiger partial charge in [-0.3, -0.25) is 25.5 Å². The molecule has 1 aromatic heterocycles. The molecule has 7 nitrogen and oxygen atoms in total. The van der Waals surface area contributed by atoms with E-state index in [4.69, 9.17) is 0 Å². The molecule has 7 heteroatoms. The Hall–Kier alpha value is -3.35. The number of hydrogen-bond donors (Lipinski definition) is 3. The van der Waals surface area contributed by atoms with Crippen LogP contribution >= 0.6 is 0 Å². The van der Waals surface area contributed by atoms with Gasteiger partial charge < -0.3 is 4.90 Å². The van der Waals surface area contributed by atoms with E-state index < -0.39 is 5.91 Å². The predicted molar refractivity (Wildman–Crippen MR) is 98.7 cm³/mol. The summed E-state index contributed by atoms with van der Waals surface area (Å²) in [7, 11) is 0. The molecule has 2 heterocycles. The molecule has 3 aromatic rings. The molecule has 2 aromatic carbocycles. The molecule has 3 N–H and O–H groups in total. The van der Waals surface area contributed by atoms with Crippen LogP contribution in [0.2, 0.25) is 0 Å². The number of aromatic amines is 1. The minimum Gasteiger partial charge on any atom is -0.362 e. The highest BCUT2D eigenvalue weighted by Crippen LogP contribution is 2.26. The van der Waals surface area contributed by atoms with Crippen molar-refractivity contribution in [2.45, 2.75) is 12.8 Å². The molecule has 0 aliphatic carbocycles. The molecule has 0 atom stereocenters. The molecule has 0 spiro atoms. The summed E-state index contributed by atoms with van der Waals surface area (Å²) >= 11 is 0. The van der Waals surface area contributed by atoms with E-state index in [9.17, 15) is 9.59 Å². The van der Waals surface area contributed by atoms with Crippen LogP contribution < -0.4 is 15.8 Å². The maximum absolute atomic E-state index is 12.3. The lowest BCUT2D eigenvalue weighted by Gasteiger charge is -2.30. The number of aromatic nitrogens is 2. The van der Waals surface area contributed by atoms with Crippen LogP contribution in [0.25, 0.3) is 10.9 Å². The van der Waals surface area contributed by atoms with Crippen LogP contribution in [0, 0.1) is 0 Å². The van der Waals surface area contributed by atoms with Crippen LogP contribution in [0.1, 0.15) is 22.5 Å². The van der Waals surface area contributed by atoms with E-state index >= 15 is 0 Å². The summed E-state index contributed by atoms with van der Waals surface area (Å²) in [4.78, 5) is 26.6. The number of hydrazine groups is 1. The highest BCUT2D eigenvalue weighted by atomic mass is 16.2. The van der Waals surface area contributed by atoms with E-state index in [1.165, 1.54) is 5.56 Å². The normalized spacial score (nSPS) is 13.3. The van der Waals surface area contributed by atoms with E-state index in [0.717, 1.165) is 30.6 Å². The van der Waals surface area contributed by atoms with Crippen molar-refractivity contribution in [3.63, 3.8) is 0 Å². The van der Waals surface area contributed by atoms with Crippen molar-refractivity contribution in [3.05, 3.63) is 59.8 Å². The summed E-state index contributed by atoms with van der Waals surface area (Å²) < 4.78 is 0. The zero-order valence-corrected chi connectivity index (χ0v) is 14.2. The number of para-hydroxylation sites is 2. The number of nitrogens with one attached hydrogen (secondary N) is 3. The van der Waals surface area contributed by atoms with Crippen LogP contribution in [0.15, 0.2) is 48.5 Å². The largest absolute Gasteiger partial charge is 0.362 e. The highest BCUT2D eigenvalue weighted by molar-refractivity contribution is 6.05. The first-order valence-electron chi connectivity index (χ1n) is 8.57. The van der Waals surface area contributed by atoms with Gasteiger partial charge in [-0.15, -0.1) is 0 Å². The number of anilines is 1. The van der Waals surface area contributed by atoms with Gasteiger partial charge in [0.05, 0.1) is 12.1 Å². The van der Waals surface area contributed by atoms with E-state index in [-0.39, 0.29) is 18.1 Å². The zero-order chi connectivity index (χ0) is 17.9. The second-order valence-electron chi connectivity index (χ2n) is 6.27. The monoisotopic (exact) mass is 349 g/mol. The quantitative estimate of drug-likeness (QED) is 0.629. The number of nitrogens with zero attached hydrogens (tertiary/aromatic N) is 2. The van der Waals surface area contributed by atoms with Crippen molar-refractivity contribution in [2.75, 3.05) is 18.0 Å². The summed E-state index contributed by atoms with van der Waals surface area (Å²) in [6.45, 7) is 1.01. The van der Waals surface area contributed by atoms with Gasteiger partial charge in [0.1, 0.15) is 0 Å². The third kappa shape index (κ3) is 3.11. The van der Waals surface area contributed by atoms with E-state index in [0.29, 0.717) is 5.39 Å². The molecule has 0 saturated carbocycles. The third-order valence-corrected chi connectivity index (χ3v) is 4.54. The van der Waals surface area contributed by atoms with Crippen LogP contribution in [0.3, 0.4) is 0 Å². The fourth-order valence-corrected chi connectivity index (χ4v) is 3.31. The molecule has 1 aliphatic heterocycles. The number of amides is 2. The fourth-order valence-electron chi connectivity index (χ4n) is 3.31. The number of H-pyrrole nitrogens is 1. The first-order valence-corrected chi connectivity index (χ1v) is 8.57. The fraction of sp³-hybridized carbons (Fsp3) is 0.211. The SMILES string of the molecule is O=C(CN1CCCc2ccccc21)NNC(=O)c1n[nH]c2ccccc12. The van der Waals surface area contributed by atoms with Gasteiger partial charge in [0.15, 0.2) is 5.69 Å². The van der Waals surface area contributed by atoms with Gasteiger partial charge in [0, 0.05) is 17.6 Å². The highest BCUT2D eigenvalue weighted by Gasteiger charge is 2.19. The standard InChI is InChI=1S/C19H19N5O2/c25-17(12-24-11-5-7-13-6-1-4-10-16(13)24)21-23-19(26)18-14-8-2-3-9-15(14)20-22-18/h1-4,6,8-10H,5,7,11-12H2,(H,20,22)(H,21,25)(H,23,26). The second-order valence-corrected chi connectivity index (χ2v) is 6.27. The Morgan fingerprint density at radius 2 is 1.88 bits per heavy atom. The third-order valence-electron chi connectivity index (χ3n) is 4.54. The molecular formula is C19H19N5O2. The van der Waals surface area contributed by atoms with Crippen molar-refractivity contribution < 1.29 is 9.59 Å². The minimum atomic E-state index is -0.449. The van der Waals surface area contributed by atoms with Crippen molar-refractivity contribution in [1.29, 1.82) is 0 Å². The molecule has 4 rings (SSSR count). The van der Waals surface area contributed by atoms with Gasteiger partial charge in [0.25, 0.3) is 11.8 Å². The number of benzene rings is 2. The summed E-state index contributed by atoms with van der Waals surface area (Å²) in [5, 5.41) is 7.53. The molecule has 0 fully saturated rings. The van der Waals surface area contributed by atoms with Gasteiger partial charge in [0.2, 0.25) is 0 Å². The molecule has 0 bridgehead atoms. The number of fused-ring (bicyclic) bond motifs is 2. The van der Waals surface area contributed by atoms with E-state index in [2.05, 4.69) is 27.1 Å². The zero-order valence-electron chi connectivity index (χ0n) is 14.2. The van der Waals surface area contributed by atoms with Gasteiger partial charge in [-0.2, -0.15) is 5.10 Å². The molecule has 0 radical (unpaired) electrons. The Balaban J connectivity index is 1.38. The number of carbonyl (C=O) groups excluding carboxylic acids is 2. The number of hydrogen-bond acceptors (Lipinski definition) is 4. The Morgan fingerprint density at radius 3 is 2.81 bits per heavy atom. The van der Waals surface area contributed by atoms with Crippen LogP contribution in [-0.2, 0) is 11.2 Å². The lowest BCUT2D eigenvalue weighted by Crippen LogP contribution is -2.47. The first-order chi connectivity index (χ1) is 12.7. The summed E-state index contributed by atoms with van der Waals surface area (Å²) in [6, 6.07) is 15.4. The van der Waals surface area contributed by atoms with Crippen molar-refractivity contribution in [3.8, 4) is 0 Å². The molecule has 1 aliphatic rings. The topological polar surface area (TPSA) is 90.1 Å². The van der Waals surface area contributed by atoms with E-state index in [1.54, 1.807) is 6.07 Å². The number of aryl methyl sites for hydroxylation is 1. The Kier molecular flexibility index (Phi) is 4.27. The maximum Gasteiger partial charge on any atom is 0.290 e. The average Bonchev–Trinajstić information content (AvgIpc) is 3.11. The molecule has 0 saturated heterocycles. The summed E-state index contributed by atoms with van der Waals surface area (Å²) in [5.41, 5.74) is 8.28. The van der Waals surface area contributed by atoms with Gasteiger partial charge >= 0.3 is 0 Å². The van der Waals surface area contributed by atoms with Crippen molar-refractivity contribution >= 4 is 28.4 Å². The Labute approximate surface area is 150 Å². The van der Waals surface area contributed by atoms with Crippen LogP contribution in [0.4, 0.5) is 5.69 Å². The van der Waals surface area contributed by atoms with Crippen molar-refractivity contribution in [1.82, 2.24) is 21.0 Å². The summed E-state index contributed by atoms with van der Waals surface area (Å²) in [5.74, 6) is -0.718. The van der Waals surface area contributed by atoms with Crippen LogP contribution in [-0.4, -0.2) is 35.1 Å². The lowest BCUT2D eigenvalue weighted by molar-refractivity contribution is -0.120. The molecule has 2 amide bonds. The van der Waals surface area contributed by atoms with E-state index in [1.807, 2.05) is 41.3 Å². The molecule has 26 heavy (non-hydrogen) atoms. The predicted octanol–water partition coefficient (Wildman–Crippen LogP) is 1.78. The Bertz CT molecular complexity index is 965. The minimum absolute atomic E-state index is 0.193. The maximum atomic E-state index is 12.3. The average molecular weight is 349 g/mol. The number of rotatable bonds is 3. The van der Waals surface area contributed by atoms with Crippen molar-refractivity contribution in [2.24, 2.45) is 0 Å². The smallest absolute Gasteiger partial charge is 0.290 e. The second kappa shape index (κ2) is 6.87. The molecule has 0 unspecified atom stereocenters. The first kappa shape index (κ1) is 16.1. The summed E-state index contributed by atoms with van der Waals surface area (Å²) in [6.07, 6.45) is 2.03. The molecule has 132 valence electrons.